The van der Waals surface area contributed by atoms with Crippen LogP contribution in [0.4, 0.5) is 5.69 Å². The summed E-state index contributed by atoms with van der Waals surface area (Å²) in [6.07, 6.45) is 5.44. The van der Waals surface area contributed by atoms with Gasteiger partial charge in [-0.2, -0.15) is 5.10 Å². The van der Waals surface area contributed by atoms with Crippen LogP contribution in [0.2, 0.25) is 0 Å². The largest absolute Gasteiger partial charge is 0.496 e. The number of ether oxygens (including phenoxy) is 1. The number of carbonyl (C=O) groups is 2. The van der Waals surface area contributed by atoms with Crippen molar-refractivity contribution in [1.82, 2.24) is 5.43 Å². The third kappa shape index (κ3) is 5.44. The third-order valence-electron chi connectivity index (χ3n) is 5.22. The molecule has 1 fully saturated rings. The average molecular weight is 393 g/mol. The van der Waals surface area contributed by atoms with Crippen molar-refractivity contribution < 1.29 is 14.3 Å². The SMILES string of the molecule is COc1ccccc1C(=O)NN=C(C)c1ccc(NC(=O)C2CCCCC2)cc1. The Morgan fingerprint density at radius 2 is 1.69 bits per heavy atom. The van der Waals surface area contributed by atoms with Crippen LogP contribution in [0.15, 0.2) is 53.6 Å². The average Bonchev–Trinajstić information content (AvgIpc) is 2.78. The predicted molar refractivity (Wildman–Crippen MR) is 114 cm³/mol. The first-order valence-corrected chi connectivity index (χ1v) is 9.97. The molecule has 6 heteroatoms. The van der Waals surface area contributed by atoms with E-state index in [1.807, 2.05) is 31.2 Å². The van der Waals surface area contributed by atoms with Crippen LogP contribution in [0.1, 0.15) is 54.9 Å². The van der Waals surface area contributed by atoms with Crippen molar-refractivity contribution in [1.29, 1.82) is 0 Å². The van der Waals surface area contributed by atoms with Gasteiger partial charge in [-0.25, -0.2) is 5.43 Å². The maximum Gasteiger partial charge on any atom is 0.275 e. The molecule has 2 amide bonds. The van der Waals surface area contributed by atoms with Gasteiger partial charge in [0.15, 0.2) is 0 Å². The highest BCUT2D eigenvalue weighted by Crippen LogP contribution is 2.25. The van der Waals surface area contributed by atoms with E-state index in [-0.39, 0.29) is 17.7 Å². The molecule has 0 aromatic heterocycles. The monoisotopic (exact) mass is 393 g/mol. The number of amides is 2. The van der Waals surface area contributed by atoms with Gasteiger partial charge in [-0.15, -0.1) is 0 Å². The Labute approximate surface area is 171 Å². The number of carbonyl (C=O) groups excluding carboxylic acids is 2. The van der Waals surface area contributed by atoms with Gasteiger partial charge in [0, 0.05) is 11.6 Å². The lowest BCUT2D eigenvalue weighted by Gasteiger charge is -2.20. The topological polar surface area (TPSA) is 79.8 Å². The Morgan fingerprint density at radius 3 is 2.38 bits per heavy atom. The second-order valence-corrected chi connectivity index (χ2v) is 7.24. The molecule has 2 aromatic carbocycles. The number of para-hydroxylation sites is 1. The number of hydrazone groups is 1. The maximum atomic E-state index is 12.4. The number of methoxy groups -OCH3 is 1. The number of nitrogens with one attached hydrogen (secondary N) is 2. The molecule has 29 heavy (non-hydrogen) atoms. The second kappa shape index (κ2) is 9.87. The number of nitrogens with zero attached hydrogens (tertiary/aromatic N) is 1. The van der Waals surface area contributed by atoms with Crippen molar-refractivity contribution in [2.45, 2.75) is 39.0 Å². The van der Waals surface area contributed by atoms with Crippen LogP contribution in [0.5, 0.6) is 5.75 Å². The Balaban J connectivity index is 1.60. The van der Waals surface area contributed by atoms with Crippen LogP contribution in [0, 0.1) is 5.92 Å². The number of rotatable bonds is 6. The Hall–Kier alpha value is -3.15. The molecule has 6 nitrogen and oxygen atoms in total. The van der Waals surface area contributed by atoms with E-state index in [9.17, 15) is 9.59 Å². The van der Waals surface area contributed by atoms with Crippen LogP contribution in [-0.2, 0) is 4.79 Å². The standard InChI is InChI=1S/C23H27N3O3/c1-16(25-26-23(28)20-10-6-7-11-21(20)29-2)17-12-14-19(15-13-17)24-22(27)18-8-4-3-5-9-18/h6-7,10-15,18H,3-5,8-9H2,1-2H3,(H,24,27)(H,26,28). The summed E-state index contributed by atoms with van der Waals surface area (Å²) >= 11 is 0. The number of benzene rings is 2. The molecule has 2 N–H and O–H groups in total. The molecule has 0 saturated heterocycles. The van der Waals surface area contributed by atoms with Crippen molar-refractivity contribution in [3.63, 3.8) is 0 Å². The van der Waals surface area contributed by atoms with Crippen molar-refractivity contribution in [3.05, 3.63) is 59.7 Å². The number of hydrogen-bond acceptors (Lipinski definition) is 4. The van der Waals surface area contributed by atoms with Gasteiger partial charge < -0.3 is 10.1 Å². The van der Waals surface area contributed by atoms with Crippen LogP contribution in [0.25, 0.3) is 0 Å². The van der Waals surface area contributed by atoms with Crippen LogP contribution in [-0.4, -0.2) is 24.6 Å². The first-order valence-electron chi connectivity index (χ1n) is 9.97. The first-order chi connectivity index (χ1) is 14.1. The molecule has 0 heterocycles. The zero-order valence-electron chi connectivity index (χ0n) is 16.9. The van der Waals surface area contributed by atoms with Gasteiger partial charge in [0.25, 0.3) is 5.91 Å². The van der Waals surface area contributed by atoms with Crippen LogP contribution < -0.4 is 15.5 Å². The molecule has 1 aliphatic rings. The number of hydrogen-bond donors (Lipinski definition) is 2. The summed E-state index contributed by atoms with van der Waals surface area (Å²) < 4.78 is 5.20. The quantitative estimate of drug-likeness (QED) is 0.565. The van der Waals surface area contributed by atoms with Gasteiger partial charge in [0.1, 0.15) is 5.75 Å². The molecule has 0 radical (unpaired) electrons. The van der Waals surface area contributed by atoms with E-state index < -0.39 is 0 Å². The van der Waals surface area contributed by atoms with Crippen molar-refractivity contribution >= 4 is 23.2 Å². The Morgan fingerprint density at radius 1 is 1.00 bits per heavy atom. The second-order valence-electron chi connectivity index (χ2n) is 7.24. The molecule has 1 aliphatic carbocycles. The minimum Gasteiger partial charge on any atom is -0.496 e. The van der Waals surface area contributed by atoms with Gasteiger partial charge in [0.05, 0.1) is 18.4 Å². The minimum atomic E-state index is -0.335. The Bertz CT molecular complexity index is 884. The zero-order chi connectivity index (χ0) is 20.6. The molecule has 0 atom stereocenters. The van der Waals surface area contributed by atoms with Gasteiger partial charge in [0.2, 0.25) is 5.91 Å². The van der Waals surface area contributed by atoms with E-state index >= 15 is 0 Å². The molecule has 0 spiro atoms. The summed E-state index contributed by atoms with van der Waals surface area (Å²) in [4.78, 5) is 24.7. The zero-order valence-corrected chi connectivity index (χ0v) is 16.9. The highest BCUT2D eigenvalue weighted by Gasteiger charge is 2.21. The summed E-state index contributed by atoms with van der Waals surface area (Å²) in [5, 5.41) is 7.18. The lowest BCUT2D eigenvalue weighted by atomic mass is 9.88. The summed E-state index contributed by atoms with van der Waals surface area (Å²) in [6.45, 7) is 1.82. The van der Waals surface area contributed by atoms with E-state index in [2.05, 4.69) is 15.8 Å². The maximum absolute atomic E-state index is 12.4. The molecule has 152 valence electrons. The summed E-state index contributed by atoms with van der Waals surface area (Å²) in [5.74, 6) is 0.387. The van der Waals surface area contributed by atoms with E-state index in [1.54, 1.807) is 24.3 Å². The lowest BCUT2D eigenvalue weighted by molar-refractivity contribution is -0.120. The fourth-order valence-electron chi connectivity index (χ4n) is 3.50. The Kier molecular flexibility index (Phi) is 7.00. The molecule has 3 rings (SSSR count). The van der Waals surface area contributed by atoms with Crippen molar-refractivity contribution in [2.75, 3.05) is 12.4 Å². The van der Waals surface area contributed by atoms with E-state index in [4.69, 9.17) is 4.74 Å². The molecule has 1 saturated carbocycles. The fraction of sp³-hybridized carbons (Fsp3) is 0.348. The molecular weight excluding hydrogens is 366 g/mol. The predicted octanol–water partition coefficient (Wildman–Crippen LogP) is 4.37. The highest BCUT2D eigenvalue weighted by molar-refractivity contribution is 6.02. The van der Waals surface area contributed by atoms with Gasteiger partial charge in [-0.05, 0) is 49.6 Å². The highest BCUT2D eigenvalue weighted by atomic mass is 16.5. The summed E-state index contributed by atoms with van der Waals surface area (Å²) in [7, 11) is 1.52. The van der Waals surface area contributed by atoms with Gasteiger partial charge >= 0.3 is 0 Å². The smallest absolute Gasteiger partial charge is 0.275 e. The van der Waals surface area contributed by atoms with Gasteiger partial charge in [-0.3, -0.25) is 9.59 Å². The molecule has 0 unspecified atom stereocenters. The molecule has 0 aliphatic heterocycles. The van der Waals surface area contributed by atoms with E-state index in [0.717, 1.165) is 36.9 Å². The third-order valence-corrected chi connectivity index (χ3v) is 5.22. The molecule has 0 bridgehead atoms. The van der Waals surface area contributed by atoms with Crippen LogP contribution >= 0.6 is 0 Å². The number of anilines is 1. The van der Waals surface area contributed by atoms with E-state index in [0.29, 0.717) is 17.0 Å². The fourth-order valence-corrected chi connectivity index (χ4v) is 3.50. The van der Waals surface area contributed by atoms with E-state index in [1.165, 1.54) is 13.5 Å². The minimum absolute atomic E-state index is 0.104. The lowest BCUT2D eigenvalue weighted by Crippen LogP contribution is -2.24. The molecular formula is C23H27N3O3. The van der Waals surface area contributed by atoms with Crippen molar-refractivity contribution in [3.8, 4) is 5.75 Å². The normalized spacial score (nSPS) is 14.9. The van der Waals surface area contributed by atoms with Crippen LogP contribution in [0.3, 0.4) is 0 Å². The van der Waals surface area contributed by atoms with Crippen molar-refractivity contribution in [2.24, 2.45) is 11.0 Å². The summed E-state index contributed by atoms with van der Waals surface area (Å²) in [5.41, 5.74) is 5.29. The van der Waals surface area contributed by atoms with Gasteiger partial charge in [-0.1, -0.05) is 43.5 Å². The first kappa shape index (κ1) is 20.6. The molecule has 2 aromatic rings. The summed E-state index contributed by atoms with van der Waals surface area (Å²) in [6, 6.07) is 14.5.